The molecule has 0 fully saturated rings. The van der Waals surface area contributed by atoms with Crippen molar-refractivity contribution in [2.45, 2.75) is 6.54 Å². The molecule has 0 amide bonds. The quantitative estimate of drug-likeness (QED) is 0.430. The standard InChI is InChI=1S/C24H18ClN3O2/c1-30-24(29)17-14-21-22(20-8-5-13-27(20)15-17)23(16-9-11-18(25)12-10-16)26-28(21)19-6-3-2-4-7-19/h2-14H,15H2,1H3. The highest BCUT2D eigenvalue weighted by molar-refractivity contribution is 6.30. The summed E-state index contributed by atoms with van der Waals surface area (Å²) in [6.45, 7) is 0.429. The van der Waals surface area contributed by atoms with Crippen LogP contribution in [0.5, 0.6) is 0 Å². The van der Waals surface area contributed by atoms with Crippen LogP contribution in [-0.4, -0.2) is 27.4 Å². The third kappa shape index (κ3) is 3.04. The van der Waals surface area contributed by atoms with E-state index in [0.717, 1.165) is 33.9 Å². The van der Waals surface area contributed by atoms with Crippen LogP contribution in [-0.2, 0) is 16.1 Å². The average molecular weight is 416 g/mol. The fourth-order valence-corrected chi connectivity index (χ4v) is 3.95. The second-order valence-corrected chi connectivity index (χ2v) is 7.48. The van der Waals surface area contributed by atoms with E-state index in [4.69, 9.17) is 21.4 Å². The van der Waals surface area contributed by atoms with E-state index in [0.29, 0.717) is 17.1 Å². The molecule has 0 saturated heterocycles. The van der Waals surface area contributed by atoms with Crippen molar-refractivity contribution >= 4 is 23.6 Å². The molecule has 0 aliphatic carbocycles. The number of hydrogen-bond acceptors (Lipinski definition) is 3. The molecule has 148 valence electrons. The number of ether oxygens (including phenoxy) is 1. The Hall–Kier alpha value is -3.57. The molecule has 1 aliphatic heterocycles. The molecule has 0 saturated carbocycles. The van der Waals surface area contributed by atoms with Gasteiger partial charge >= 0.3 is 5.97 Å². The van der Waals surface area contributed by atoms with Crippen LogP contribution in [0.3, 0.4) is 0 Å². The fourth-order valence-electron chi connectivity index (χ4n) is 3.82. The molecule has 2 aromatic carbocycles. The van der Waals surface area contributed by atoms with Gasteiger partial charge in [-0.15, -0.1) is 0 Å². The minimum Gasteiger partial charge on any atom is -0.466 e. The van der Waals surface area contributed by atoms with Crippen LogP contribution in [0.1, 0.15) is 5.69 Å². The first-order valence-corrected chi connectivity index (χ1v) is 9.92. The van der Waals surface area contributed by atoms with E-state index in [9.17, 15) is 4.79 Å². The molecule has 1 aliphatic rings. The number of carbonyl (C=O) groups is 1. The van der Waals surface area contributed by atoms with Gasteiger partial charge in [-0.2, -0.15) is 5.10 Å². The molecule has 3 heterocycles. The largest absolute Gasteiger partial charge is 0.466 e. The number of nitrogens with zero attached hydrogens (tertiary/aromatic N) is 3. The summed E-state index contributed by atoms with van der Waals surface area (Å²) < 4.78 is 8.96. The third-order valence-electron chi connectivity index (χ3n) is 5.22. The topological polar surface area (TPSA) is 49.0 Å². The lowest BCUT2D eigenvalue weighted by molar-refractivity contribution is -0.136. The lowest BCUT2D eigenvalue weighted by Crippen LogP contribution is -2.11. The molecule has 0 spiro atoms. The van der Waals surface area contributed by atoms with Gasteiger partial charge in [0.05, 0.1) is 41.9 Å². The Balaban J connectivity index is 1.85. The summed E-state index contributed by atoms with van der Waals surface area (Å²) in [5, 5.41) is 5.64. The summed E-state index contributed by atoms with van der Waals surface area (Å²) >= 11 is 6.11. The number of aromatic nitrogens is 3. The van der Waals surface area contributed by atoms with E-state index < -0.39 is 0 Å². The predicted octanol–water partition coefficient (Wildman–Crippen LogP) is 5.23. The van der Waals surface area contributed by atoms with Gasteiger partial charge in [-0.05, 0) is 42.5 Å². The Morgan fingerprint density at radius 1 is 1.03 bits per heavy atom. The van der Waals surface area contributed by atoms with E-state index in [1.54, 1.807) is 0 Å². The van der Waals surface area contributed by atoms with Crippen molar-refractivity contribution < 1.29 is 9.53 Å². The van der Waals surface area contributed by atoms with Gasteiger partial charge in [0.2, 0.25) is 0 Å². The minimum atomic E-state index is -0.351. The molecule has 30 heavy (non-hydrogen) atoms. The Labute approximate surface area is 178 Å². The Kier molecular flexibility index (Phi) is 4.52. The SMILES string of the molecule is COC(=O)C1=Cc2c(c(-c3ccc(Cl)cc3)nn2-c2ccccc2)-c2cccn2C1. The van der Waals surface area contributed by atoms with Gasteiger partial charge in [-0.3, -0.25) is 0 Å². The van der Waals surface area contributed by atoms with Crippen LogP contribution < -0.4 is 0 Å². The maximum absolute atomic E-state index is 12.5. The van der Waals surface area contributed by atoms with Crippen LogP contribution in [0, 0.1) is 0 Å². The normalized spacial score (nSPS) is 12.5. The minimum absolute atomic E-state index is 0.351. The van der Waals surface area contributed by atoms with E-state index in [1.165, 1.54) is 7.11 Å². The van der Waals surface area contributed by atoms with Crippen molar-refractivity contribution in [2.24, 2.45) is 0 Å². The van der Waals surface area contributed by atoms with Gasteiger partial charge in [0.15, 0.2) is 0 Å². The number of fused-ring (bicyclic) bond motifs is 3. The van der Waals surface area contributed by atoms with Crippen molar-refractivity contribution in [3.8, 4) is 28.2 Å². The van der Waals surface area contributed by atoms with Crippen molar-refractivity contribution in [3.05, 3.63) is 89.2 Å². The number of halogens is 1. The smallest absolute Gasteiger partial charge is 0.335 e. The molecule has 0 bridgehead atoms. The predicted molar refractivity (Wildman–Crippen MR) is 117 cm³/mol. The number of carbonyl (C=O) groups excluding carboxylic acids is 1. The van der Waals surface area contributed by atoms with Crippen LogP contribution in [0.4, 0.5) is 0 Å². The van der Waals surface area contributed by atoms with Gasteiger partial charge in [-0.25, -0.2) is 9.48 Å². The van der Waals surface area contributed by atoms with Gasteiger partial charge in [0.1, 0.15) is 5.69 Å². The second kappa shape index (κ2) is 7.35. The van der Waals surface area contributed by atoms with Crippen LogP contribution in [0.2, 0.25) is 5.02 Å². The highest BCUT2D eigenvalue weighted by Gasteiger charge is 2.27. The van der Waals surface area contributed by atoms with Gasteiger partial charge < -0.3 is 9.30 Å². The number of para-hydroxylation sites is 1. The fraction of sp³-hybridized carbons (Fsp3) is 0.0833. The zero-order valence-electron chi connectivity index (χ0n) is 16.2. The van der Waals surface area contributed by atoms with Crippen LogP contribution >= 0.6 is 11.6 Å². The number of hydrogen-bond donors (Lipinski definition) is 0. The Bertz CT molecular complexity index is 1270. The van der Waals surface area contributed by atoms with E-state index >= 15 is 0 Å². The molecule has 5 rings (SSSR count). The number of methoxy groups -OCH3 is 1. The third-order valence-corrected chi connectivity index (χ3v) is 5.48. The van der Waals surface area contributed by atoms with Crippen molar-refractivity contribution in [1.29, 1.82) is 0 Å². The van der Waals surface area contributed by atoms with Crippen molar-refractivity contribution in [2.75, 3.05) is 7.11 Å². The molecule has 2 aromatic heterocycles. The summed E-state index contributed by atoms with van der Waals surface area (Å²) in [6, 6.07) is 21.6. The van der Waals surface area contributed by atoms with Gasteiger partial charge in [0, 0.05) is 16.8 Å². The number of rotatable bonds is 3. The molecule has 0 N–H and O–H groups in total. The molecule has 0 unspecified atom stereocenters. The van der Waals surface area contributed by atoms with Crippen LogP contribution in [0.25, 0.3) is 34.3 Å². The zero-order chi connectivity index (χ0) is 20.7. The van der Waals surface area contributed by atoms with Crippen molar-refractivity contribution in [3.63, 3.8) is 0 Å². The molecular formula is C24H18ClN3O2. The summed E-state index contributed by atoms with van der Waals surface area (Å²) in [7, 11) is 1.40. The molecule has 0 radical (unpaired) electrons. The second-order valence-electron chi connectivity index (χ2n) is 7.05. The molecular weight excluding hydrogens is 398 g/mol. The Morgan fingerprint density at radius 3 is 2.53 bits per heavy atom. The molecule has 0 atom stereocenters. The van der Waals surface area contributed by atoms with E-state index in [-0.39, 0.29) is 5.97 Å². The molecule has 6 heteroatoms. The lowest BCUT2D eigenvalue weighted by atomic mass is 10.0. The van der Waals surface area contributed by atoms with Crippen LogP contribution in [0.15, 0.2) is 78.5 Å². The summed E-state index contributed by atoms with van der Waals surface area (Å²) in [5.41, 5.74) is 6.05. The first kappa shape index (κ1) is 18.5. The summed E-state index contributed by atoms with van der Waals surface area (Å²) in [5.74, 6) is -0.351. The highest BCUT2D eigenvalue weighted by Crippen LogP contribution is 2.39. The zero-order valence-corrected chi connectivity index (χ0v) is 17.0. The monoisotopic (exact) mass is 415 g/mol. The number of esters is 1. The van der Waals surface area contributed by atoms with Gasteiger partial charge in [0.25, 0.3) is 0 Å². The van der Waals surface area contributed by atoms with E-state index in [2.05, 4.69) is 0 Å². The maximum atomic E-state index is 12.5. The number of benzene rings is 2. The highest BCUT2D eigenvalue weighted by atomic mass is 35.5. The lowest BCUT2D eigenvalue weighted by Gasteiger charge is -2.09. The van der Waals surface area contributed by atoms with Gasteiger partial charge in [-0.1, -0.05) is 41.9 Å². The summed E-state index contributed by atoms with van der Waals surface area (Å²) in [6.07, 6.45) is 3.85. The van der Waals surface area contributed by atoms with Crippen molar-refractivity contribution in [1.82, 2.24) is 14.3 Å². The first-order valence-electron chi connectivity index (χ1n) is 9.54. The maximum Gasteiger partial charge on any atom is 0.335 e. The summed E-state index contributed by atoms with van der Waals surface area (Å²) in [4.78, 5) is 12.5. The molecule has 5 nitrogen and oxygen atoms in total. The molecule has 4 aromatic rings. The van der Waals surface area contributed by atoms with E-state index in [1.807, 2.05) is 88.3 Å². The average Bonchev–Trinajstić information content (AvgIpc) is 3.34. The Morgan fingerprint density at radius 2 is 1.80 bits per heavy atom. The first-order chi connectivity index (χ1) is 14.7.